The number of hydrogen-bond donors (Lipinski definition) is 1. The van der Waals surface area contributed by atoms with Gasteiger partial charge in [-0.2, -0.15) is 5.10 Å². The summed E-state index contributed by atoms with van der Waals surface area (Å²) in [5, 5.41) is 7.27. The van der Waals surface area contributed by atoms with Gasteiger partial charge >= 0.3 is 5.97 Å². The molecular weight excluding hydrogens is 469 g/mol. The highest BCUT2D eigenvalue weighted by Gasteiger charge is 2.14. The van der Waals surface area contributed by atoms with E-state index >= 15 is 0 Å². The number of esters is 1. The molecule has 10 heteroatoms. The molecule has 0 spiro atoms. The molecular formula is C23H21ClFN3O4S. The van der Waals surface area contributed by atoms with Gasteiger partial charge in [-0.15, -0.1) is 11.3 Å². The number of nitrogens with zero attached hydrogens (tertiary/aromatic N) is 2. The largest absolute Gasteiger partial charge is 0.454 e. The molecule has 1 amide bonds. The number of nitrogens with one attached hydrogen (secondary N) is 1. The topological polar surface area (TPSA) is 90.3 Å². The molecule has 0 saturated heterocycles. The Balaban J connectivity index is 1.56. The summed E-state index contributed by atoms with van der Waals surface area (Å²) in [6.45, 7) is 3.26. The van der Waals surface area contributed by atoms with E-state index in [4.69, 9.17) is 16.3 Å². The van der Waals surface area contributed by atoms with Gasteiger partial charge in [-0.05, 0) is 55.8 Å². The quantitative estimate of drug-likeness (QED) is 0.277. The standard InChI is InChI=1S/C23H21ClFN3O4S/c1-14-19(23(24)28(27-14)17-5-3-16(25)4-6-17)8-10-22(31)32-13-20(30)21-9-7-18(33-21)11-12-26-15(2)29/h3-10H,11-13H2,1-2H3,(H,26,29)/b10-8+. The molecule has 1 aromatic carbocycles. The molecule has 1 N–H and O–H groups in total. The smallest absolute Gasteiger partial charge is 0.331 e. The van der Waals surface area contributed by atoms with Crippen LogP contribution in [0.5, 0.6) is 0 Å². The van der Waals surface area contributed by atoms with Crippen molar-refractivity contribution in [2.45, 2.75) is 20.3 Å². The lowest BCUT2D eigenvalue weighted by atomic mass is 10.2. The van der Waals surface area contributed by atoms with Crippen LogP contribution in [0.1, 0.15) is 32.7 Å². The molecule has 0 unspecified atom stereocenters. The lowest BCUT2D eigenvalue weighted by molar-refractivity contribution is -0.136. The molecule has 2 aromatic heterocycles. The molecule has 7 nitrogen and oxygen atoms in total. The third-order valence-corrected chi connectivity index (χ3v) is 6.08. The van der Waals surface area contributed by atoms with Crippen molar-refractivity contribution < 1.29 is 23.5 Å². The summed E-state index contributed by atoms with van der Waals surface area (Å²) in [6.07, 6.45) is 3.25. The van der Waals surface area contributed by atoms with Crippen LogP contribution in [0.15, 0.2) is 42.5 Å². The van der Waals surface area contributed by atoms with E-state index < -0.39 is 12.6 Å². The van der Waals surface area contributed by atoms with Gasteiger partial charge in [0.1, 0.15) is 11.0 Å². The zero-order chi connectivity index (χ0) is 24.0. The van der Waals surface area contributed by atoms with E-state index in [1.165, 1.54) is 59.4 Å². The Morgan fingerprint density at radius 3 is 2.64 bits per heavy atom. The Bertz CT molecular complexity index is 1200. The molecule has 172 valence electrons. The molecule has 2 heterocycles. The van der Waals surface area contributed by atoms with Crippen molar-refractivity contribution >= 4 is 46.7 Å². The van der Waals surface area contributed by atoms with Gasteiger partial charge < -0.3 is 10.1 Å². The first-order valence-electron chi connectivity index (χ1n) is 9.97. The summed E-state index contributed by atoms with van der Waals surface area (Å²) in [7, 11) is 0. The molecule has 0 aliphatic rings. The van der Waals surface area contributed by atoms with Crippen molar-refractivity contribution in [2.24, 2.45) is 0 Å². The molecule has 3 rings (SSSR count). The summed E-state index contributed by atoms with van der Waals surface area (Å²) >= 11 is 7.68. The first-order chi connectivity index (χ1) is 15.7. The number of ether oxygens (including phenoxy) is 1. The Labute approximate surface area is 198 Å². The number of carbonyl (C=O) groups excluding carboxylic acids is 3. The van der Waals surface area contributed by atoms with E-state index in [0.717, 1.165) is 4.88 Å². The summed E-state index contributed by atoms with van der Waals surface area (Å²) in [4.78, 5) is 36.7. The predicted molar refractivity (Wildman–Crippen MR) is 124 cm³/mol. The first kappa shape index (κ1) is 24.3. The van der Waals surface area contributed by atoms with Crippen LogP contribution in [0.4, 0.5) is 4.39 Å². The van der Waals surface area contributed by atoms with Crippen LogP contribution in [0, 0.1) is 12.7 Å². The Hall–Kier alpha value is -3.30. The molecule has 0 atom stereocenters. The zero-order valence-electron chi connectivity index (χ0n) is 17.9. The van der Waals surface area contributed by atoms with Crippen LogP contribution < -0.4 is 5.32 Å². The number of amides is 1. The van der Waals surface area contributed by atoms with E-state index in [2.05, 4.69) is 10.4 Å². The van der Waals surface area contributed by atoms with Gasteiger partial charge in [0, 0.05) is 30.0 Å². The molecule has 0 bridgehead atoms. The van der Waals surface area contributed by atoms with Crippen LogP contribution in [-0.4, -0.2) is 40.6 Å². The minimum absolute atomic E-state index is 0.109. The molecule has 0 aliphatic carbocycles. The number of rotatable bonds is 9. The minimum Gasteiger partial charge on any atom is -0.454 e. The SMILES string of the molecule is CC(=O)NCCc1ccc(C(=O)COC(=O)/C=C/c2c(C)nn(-c3ccc(F)cc3)c2Cl)s1. The fraction of sp³-hybridized carbons (Fsp3) is 0.217. The third kappa shape index (κ3) is 6.59. The Morgan fingerprint density at radius 1 is 1.21 bits per heavy atom. The number of aryl methyl sites for hydroxylation is 1. The second kappa shape index (κ2) is 11.0. The van der Waals surface area contributed by atoms with Gasteiger partial charge in [0.25, 0.3) is 0 Å². The number of Topliss-reactive ketones (excluding diaryl/α,β-unsaturated/α-hetero) is 1. The summed E-state index contributed by atoms with van der Waals surface area (Å²) < 4.78 is 19.6. The van der Waals surface area contributed by atoms with Crippen LogP contribution in [0.25, 0.3) is 11.8 Å². The number of benzene rings is 1. The second-order valence-electron chi connectivity index (χ2n) is 7.04. The molecule has 0 saturated carbocycles. The van der Waals surface area contributed by atoms with Gasteiger partial charge in [0.2, 0.25) is 11.7 Å². The second-order valence-corrected chi connectivity index (χ2v) is 8.57. The van der Waals surface area contributed by atoms with Crippen LogP contribution in [-0.2, 0) is 20.7 Å². The van der Waals surface area contributed by atoms with Gasteiger partial charge in [0.15, 0.2) is 6.61 Å². The van der Waals surface area contributed by atoms with E-state index in [0.29, 0.717) is 34.8 Å². The highest BCUT2D eigenvalue weighted by molar-refractivity contribution is 7.14. The van der Waals surface area contributed by atoms with Crippen LogP contribution >= 0.6 is 22.9 Å². The number of aromatic nitrogens is 2. The molecule has 3 aromatic rings. The average Bonchev–Trinajstić information content (AvgIpc) is 3.35. The fourth-order valence-corrected chi connectivity index (χ4v) is 4.15. The molecule has 0 aliphatic heterocycles. The number of thiophene rings is 1. The molecule has 0 radical (unpaired) electrons. The zero-order valence-corrected chi connectivity index (χ0v) is 19.5. The monoisotopic (exact) mass is 489 g/mol. The van der Waals surface area contributed by atoms with E-state index in [1.54, 1.807) is 13.0 Å². The molecule has 33 heavy (non-hydrogen) atoms. The van der Waals surface area contributed by atoms with Crippen LogP contribution in [0.3, 0.4) is 0 Å². The summed E-state index contributed by atoms with van der Waals surface area (Å²) in [6, 6.07) is 9.16. The van der Waals surface area contributed by atoms with E-state index in [-0.39, 0.29) is 22.7 Å². The maximum atomic E-state index is 13.1. The van der Waals surface area contributed by atoms with E-state index in [9.17, 15) is 18.8 Å². The average molecular weight is 490 g/mol. The van der Waals surface area contributed by atoms with Crippen molar-refractivity contribution in [1.82, 2.24) is 15.1 Å². The maximum Gasteiger partial charge on any atom is 0.331 e. The summed E-state index contributed by atoms with van der Waals surface area (Å²) in [5.74, 6) is -1.50. The number of carbonyl (C=O) groups is 3. The summed E-state index contributed by atoms with van der Waals surface area (Å²) in [5.41, 5.74) is 1.64. The van der Waals surface area contributed by atoms with Crippen molar-refractivity contribution in [1.29, 1.82) is 0 Å². The lowest BCUT2D eigenvalue weighted by Gasteiger charge is -2.02. The minimum atomic E-state index is -0.698. The van der Waals surface area contributed by atoms with Crippen molar-refractivity contribution in [3.63, 3.8) is 0 Å². The van der Waals surface area contributed by atoms with Crippen LogP contribution in [0.2, 0.25) is 5.15 Å². The van der Waals surface area contributed by atoms with Crippen molar-refractivity contribution in [3.05, 3.63) is 74.5 Å². The number of ketones is 1. The van der Waals surface area contributed by atoms with Gasteiger partial charge in [-0.3, -0.25) is 9.59 Å². The predicted octanol–water partition coefficient (Wildman–Crippen LogP) is 4.15. The Morgan fingerprint density at radius 2 is 1.94 bits per heavy atom. The lowest BCUT2D eigenvalue weighted by Crippen LogP contribution is -2.22. The van der Waals surface area contributed by atoms with Crippen molar-refractivity contribution in [2.75, 3.05) is 13.2 Å². The third-order valence-electron chi connectivity index (χ3n) is 4.53. The van der Waals surface area contributed by atoms with Gasteiger partial charge in [-0.1, -0.05) is 11.6 Å². The first-order valence-corrected chi connectivity index (χ1v) is 11.2. The highest BCUT2D eigenvalue weighted by atomic mass is 35.5. The number of halogens is 2. The van der Waals surface area contributed by atoms with Gasteiger partial charge in [0.05, 0.1) is 16.3 Å². The van der Waals surface area contributed by atoms with Gasteiger partial charge in [-0.25, -0.2) is 13.9 Å². The maximum absolute atomic E-state index is 13.1. The van der Waals surface area contributed by atoms with Crippen molar-refractivity contribution in [3.8, 4) is 5.69 Å². The van der Waals surface area contributed by atoms with E-state index in [1.807, 2.05) is 6.07 Å². The Kier molecular flexibility index (Phi) is 8.13. The number of hydrogen-bond acceptors (Lipinski definition) is 6. The highest BCUT2D eigenvalue weighted by Crippen LogP contribution is 2.25. The molecule has 0 fully saturated rings. The normalized spacial score (nSPS) is 11.0. The fourth-order valence-electron chi connectivity index (χ4n) is 2.89.